The average molecular weight is 372 g/mol. The lowest BCUT2D eigenvalue weighted by Crippen LogP contribution is -2.07. The summed E-state index contributed by atoms with van der Waals surface area (Å²) < 4.78 is 11.0. The number of aryl methyl sites for hydroxylation is 1. The molecular formula is C19H18ClN3O3. The van der Waals surface area contributed by atoms with Crippen LogP contribution in [0, 0.1) is 6.92 Å². The standard InChI is InChI=1S/C19H18ClN3O3/c1-3-25-19(24)18-17(21-23-22-18)15-10-14(20)7-8-16(15)26-11-13-6-4-5-12(2)9-13/h4-10H,3,11H2,1-2H3,(H,21,22,23). The second-order valence-corrected chi connectivity index (χ2v) is 6.10. The van der Waals surface area contributed by atoms with Gasteiger partial charge in [0, 0.05) is 10.6 Å². The van der Waals surface area contributed by atoms with E-state index in [-0.39, 0.29) is 12.3 Å². The number of carbonyl (C=O) groups is 1. The van der Waals surface area contributed by atoms with Gasteiger partial charge in [0.1, 0.15) is 18.1 Å². The minimum atomic E-state index is -0.555. The molecule has 0 saturated carbocycles. The lowest BCUT2D eigenvalue weighted by Gasteiger charge is -2.12. The van der Waals surface area contributed by atoms with Crippen LogP contribution < -0.4 is 4.74 Å². The van der Waals surface area contributed by atoms with Gasteiger partial charge >= 0.3 is 5.97 Å². The molecule has 0 radical (unpaired) electrons. The number of aromatic nitrogens is 3. The van der Waals surface area contributed by atoms with Crippen LogP contribution in [-0.2, 0) is 11.3 Å². The van der Waals surface area contributed by atoms with Crippen molar-refractivity contribution in [3.05, 3.63) is 64.3 Å². The molecule has 0 saturated heterocycles. The van der Waals surface area contributed by atoms with E-state index in [1.54, 1.807) is 25.1 Å². The molecule has 0 bridgehead atoms. The van der Waals surface area contributed by atoms with Crippen molar-refractivity contribution in [2.75, 3.05) is 6.61 Å². The van der Waals surface area contributed by atoms with Crippen molar-refractivity contribution in [3.8, 4) is 17.0 Å². The van der Waals surface area contributed by atoms with Crippen molar-refractivity contribution < 1.29 is 14.3 Å². The molecule has 134 valence electrons. The van der Waals surface area contributed by atoms with Crippen LogP contribution in [0.3, 0.4) is 0 Å². The van der Waals surface area contributed by atoms with E-state index >= 15 is 0 Å². The predicted molar refractivity (Wildman–Crippen MR) is 98.3 cm³/mol. The Morgan fingerprint density at radius 1 is 1.19 bits per heavy atom. The first kappa shape index (κ1) is 17.9. The third-order valence-corrected chi connectivity index (χ3v) is 3.93. The van der Waals surface area contributed by atoms with Crippen molar-refractivity contribution in [1.29, 1.82) is 0 Å². The first-order valence-electron chi connectivity index (χ1n) is 8.14. The summed E-state index contributed by atoms with van der Waals surface area (Å²) >= 11 is 6.13. The average Bonchev–Trinajstić information content (AvgIpc) is 3.10. The number of benzene rings is 2. The van der Waals surface area contributed by atoms with Crippen molar-refractivity contribution >= 4 is 17.6 Å². The summed E-state index contributed by atoms with van der Waals surface area (Å²) in [6, 6.07) is 13.2. The number of aromatic amines is 1. The normalized spacial score (nSPS) is 10.6. The van der Waals surface area contributed by atoms with Gasteiger partial charge in [-0.2, -0.15) is 10.3 Å². The van der Waals surface area contributed by atoms with E-state index in [1.165, 1.54) is 0 Å². The SMILES string of the molecule is CCOC(=O)c1n[nH]nc1-c1cc(Cl)ccc1OCc1cccc(C)c1. The van der Waals surface area contributed by atoms with Gasteiger partial charge in [0.2, 0.25) is 0 Å². The first-order valence-corrected chi connectivity index (χ1v) is 8.52. The number of carbonyl (C=O) groups excluding carboxylic acids is 1. The summed E-state index contributed by atoms with van der Waals surface area (Å²) in [6.45, 7) is 4.38. The molecule has 3 aromatic rings. The molecule has 0 spiro atoms. The van der Waals surface area contributed by atoms with Gasteiger partial charge in [-0.1, -0.05) is 41.4 Å². The van der Waals surface area contributed by atoms with Crippen LogP contribution >= 0.6 is 11.6 Å². The smallest absolute Gasteiger partial charge is 0.361 e. The zero-order valence-electron chi connectivity index (χ0n) is 14.5. The summed E-state index contributed by atoms with van der Waals surface area (Å²) in [5.74, 6) is -0.00351. The van der Waals surface area contributed by atoms with E-state index in [2.05, 4.69) is 21.5 Å². The van der Waals surface area contributed by atoms with Gasteiger partial charge in [-0.3, -0.25) is 0 Å². The highest BCUT2D eigenvalue weighted by Gasteiger charge is 2.22. The van der Waals surface area contributed by atoms with Crippen LogP contribution in [0.4, 0.5) is 0 Å². The predicted octanol–water partition coefficient (Wildman–Crippen LogP) is 4.19. The summed E-state index contributed by atoms with van der Waals surface area (Å²) in [7, 11) is 0. The Morgan fingerprint density at radius 2 is 2.04 bits per heavy atom. The molecule has 0 aliphatic carbocycles. The van der Waals surface area contributed by atoms with Crippen molar-refractivity contribution in [1.82, 2.24) is 15.4 Å². The second-order valence-electron chi connectivity index (χ2n) is 5.66. The lowest BCUT2D eigenvalue weighted by molar-refractivity contribution is 0.0520. The van der Waals surface area contributed by atoms with E-state index in [0.29, 0.717) is 28.6 Å². The van der Waals surface area contributed by atoms with Gasteiger partial charge in [0.15, 0.2) is 5.69 Å². The number of hydrogen-bond acceptors (Lipinski definition) is 5. The molecule has 0 aliphatic rings. The Morgan fingerprint density at radius 3 is 2.81 bits per heavy atom. The van der Waals surface area contributed by atoms with E-state index in [1.807, 2.05) is 25.1 Å². The zero-order chi connectivity index (χ0) is 18.5. The summed E-state index contributed by atoms with van der Waals surface area (Å²) in [6.07, 6.45) is 0. The number of ether oxygens (including phenoxy) is 2. The van der Waals surface area contributed by atoms with Crippen LogP contribution in [0.15, 0.2) is 42.5 Å². The van der Waals surface area contributed by atoms with E-state index in [9.17, 15) is 4.79 Å². The molecule has 6 nitrogen and oxygen atoms in total. The number of esters is 1. The molecule has 1 N–H and O–H groups in total. The fourth-order valence-corrected chi connectivity index (χ4v) is 2.71. The molecule has 0 fully saturated rings. The fourth-order valence-electron chi connectivity index (χ4n) is 2.54. The number of rotatable bonds is 6. The summed E-state index contributed by atoms with van der Waals surface area (Å²) in [5.41, 5.74) is 3.20. The van der Waals surface area contributed by atoms with Gasteiger partial charge in [-0.25, -0.2) is 4.79 Å². The monoisotopic (exact) mass is 371 g/mol. The summed E-state index contributed by atoms with van der Waals surface area (Å²) in [4.78, 5) is 12.1. The van der Waals surface area contributed by atoms with Crippen LogP contribution in [0.25, 0.3) is 11.3 Å². The lowest BCUT2D eigenvalue weighted by atomic mass is 10.1. The van der Waals surface area contributed by atoms with Crippen molar-refractivity contribution in [3.63, 3.8) is 0 Å². The van der Waals surface area contributed by atoms with Gasteiger partial charge in [-0.15, -0.1) is 5.10 Å². The Labute approximate surface area is 156 Å². The molecule has 0 aliphatic heterocycles. The molecule has 26 heavy (non-hydrogen) atoms. The Kier molecular flexibility index (Phi) is 5.53. The third-order valence-electron chi connectivity index (χ3n) is 3.69. The molecule has 0 atom stereocenters. The van der Waals surface area contributed by atoms with Gasteiger partial charge in [0.05, 0.1) is 6.61 Å². The minimum absolute atomic E-state index is 0.0922. The quantitative estimate of drug-likeness (QED) is 0.657. The molecular weight excluding hydrogens is 354 g/mol. The number of nitrogens with one attached hydrogen (secondary N) is 1. The molecule has 1 aromatic heterocycles. The Hall–Kier alpha value is -2.86. The van der Waals surface area contributed by atoms with Crippen LogP contribution in [-0.4, -0.2) is 28.0 Å². The maximum absolute atomic E-state index is 12.1. The molecule has 0 unspecified atom stereocenters. The van der Waals surface area contributed by atoms with Crippen LogP contribution in [0.5, 0.6) is 5.75 Å². The summed E-state index contributed by atoms with van der Waals surface area (Å²) in [5, 5.41) is 11.0. The number of hydrogen-bond donors (Lipinski definition) is 1. The fraction of sp³-hybridized carbons (Fsp3) is 0.211. The van der Waals surface area contributed by atoms with E-state index < -0.39 is 5.97 Å². The Bertz CT molecular complexity index is 924. The highest BCUT2D eigenvalue weighted by atomic mass is 35.5. The number of nitrogens with zero attached hydrogens (tertiary/aromatic N) is 2. The number of halogens is 1. The topological polar surface area (TPSA) is 77.1 Å². The minimum Gasteiger partial charge on any atom is -0.488 e. The van der Waals surface area contributed by atoms with Crippen molar-refractivity contribution in [2.45, 2.75) is 20.5 Å². The molecule has 1 heterocycles. The molecule has 7 heteroatoms. The van der Waals surface area contributed by atoms with Gasteiger partial charge < -0.3 is 9.47 Å². The highest BCUT2D eigenvalue weighted by molar-refractivity contribution is 6.31. The molecule has 3 rings (SSSR count). The second kappa shape index (κ2) is 8.01. The maximum Gasteiger partial charge on any atom is 0.361 e. The van der Waals surface area contributed by atoms with E-state index in [4.69, 9.17) is 21.1 Å². The third kappa shape index (κ3) is 4.03. The van der Waals surface area contributed by atoms with Crippen molar-refractivity contribution in [2.24, 2.45) is 0 Å². The maximum atomic E-state index is 12.1. The first-order chi connectivity index (χ1) is 12.6. The molecule has 0 amide bonds. The Balaban J connectivity index is 1.92. The van der Waals surface area contributed by atoms with E-state index in [0.717, 1.165) is 11.1 Å². The van der Waals surface area contributed by atoms with Crippen LogP contribution in [0.1, 0.15) is 28.5 Å². The number of H-pyrrole nitrogens is 1. The van der Waals surface area contributed by atoms with Crippen LogP contribution in [0.2, 0.25) is 5.02 Å². The zero-order valence-corrected chi connectivity index (χ0v) is 15.2. The highest BCUT2D eigenvalue weighted by Crippen LogP contribution is 2.33. The van der Waals surface area contributed by atoms with Gasteiger partial charge in [0.25, 0.3) is 0 Å². The molecule has 2 aromatic carbocycles. The largest absolute Gasteiger partial charge is 0.488 e. The van der Waals surface area contributed by atoms with Gasteiger partial charge in [-0.05, 0) is 37.6 Å².